The molecule has 0 spiro atoms. The Balaban J connectivity index is 1.60. The van der Waals surface area contributed by atoms with Crippen LogP contribution in [0.15, 0.2) is 18.2 Å². The molecule has 2 saturated heterocycles. The van der Waals surface area contributed by atoms with Gasteiger partial charge in [0.25, 0.3) is 5.91 Å². The predicted octanol–water partition coefficient (Wildman–Crippen LogP) is 1.93. The summed E-state index contributed by atoms with van der Waals surface area (Å²) in [7, 11) is 0. The smallest absolute Gasteiger partial charge is 0.253 e. The van der Waals surface area contributed by atoms with Gasteiger partial charge in [-0.1, -0.05) is 13.8 Å². The summed E-state index contributed by atoms with van der Waals surface area (Å²) in [5, 5.41) is 3.03. The first-order valence-electron chi connectivity index (χ1n) is 10.7. The molecular formula is C22H31N5O2. The van der Waals surface area contributed by atoms with Crippen molar-refractivity contribution in [2.24, 2.45) is 17.6 Å². The Hall–Kier alpha value is -2.41. The van der Waals surface area contributed by atoms with Crippen LogP contribution in [0.3, 0.4) is 0 Å². The zero-order valence-corrected chi connectivity index (χ0v) is 17.4. The standard InChI is InChI=1S/C22H31N5O2/c1-14(2)10-20-24-18-5-4-15(11-19(18)27(20)8-3-7-23)22(29)26-9-6-17-16(13-26)12-21(28)25-17/h4-5,11,14,16-17H,3,6-10,12-13,23H2,1-2H3,(H,25,28)/t16-,17+/m1/s1. The van der Waals surface area contributed by atoms with Crippen molar-refractivity contribution in [1.82, 2.24) is 19.8 Å². The Morgan fingerprint density at radius 2 is 2.21 bits per heavy atom. The fraction of sp³-hybridized carbons (Fsp3) is 0.591. The number of nitrogens with one attached hydrogen (secondary N) is 1. The monoisotopic (exact) mass is 397 g/mol. The second-order valence-corrected chi connectivity index (χ2v) is 8.80. The van der Waals surface area contributed by atoms with E-state index in [9.17, 15) is 9.59 Å². The summed E-state index contributed by atoms with van der Waals surface area (Å²) in [6.07, 6.45) is 3.14. The summed E-state index contributed by atoms with van der Waals surface area (Å²) in [5.74, 6) is 1.95. The molecular weight excluding hydrogens is 366 g/mol. The number of aryl methyl sites for hydroxylation is 1. The van der Waals surface area contributed by atoms with E-state index in [1.807, 2.05) is 23.1 Å². The number of fused-ring (bicyclic) bond motifs is 2. The molecule has 2 aliphatic rings. The Morgan fingerprint density at radius 1 is 1.38 bits per heavy atom. The van der Waals surface area contributed by atoms with Crippen molar-refractivity contribution in [3.63, 3.8) is 0 Å². The van der Waals surface area contributed by atoms with Crippen LogP contribution in [0, 0.1) is 11.8 Å². The molecule has 7 nitrogen and oxygen atoms in total. The molecule has 0 bridgehead atoms. The average molecular weight is 398 g/mol. The van der Waals surface area contributed by atoms with Crippen LogP contribution in [0.5, 0.6) is 0 Å². The van der Waals surface area contributed by atoms with Crippen LogP contribution in [-0.2, 0) is 17.8 Å². The summed E-state index contributed by atoms with van der Waals surface area (Å²) >= 11 is 0. The lowest BCUT2D eigenvalue weighted by atomic mass is 9.93. The molecule has 0 unspecified atom stereocenters. The van der Waals surface area contributed by atoms with Crippen molar-refractivity contribution in [2.75, 3.05) is 19.6 Å². The lowest BCUT2D eigenvalue weighted by Crippen LogP contribution is -2.47. The van der Waals surface area contributed by atoms with Crippen molar-refractivity contribution < 1.29 is 9.59 Å². The van der Waals surface area contributed by atoms with Gasteiger partial charge in [-0.2, -0.15) is 0 Å². The number of benzene rings is 1. The highest BCUT2D eigenvalue weighted by Crippen LogP contribution is 2.27. The van der Waals surface area contributed by atoms with Crippen molar-refractivity contribution in [3.05, 3.63) is 29.6 Å². The first-order chi connectivity index (χ1) is 14.0. The lowest BCUT2D eigenvalue weighted by molar-refractivity contribution is -0.119. The largest absolute Gasteiger partial charge is 0.353 e. The van der Waals surface area contributed by atoms with E-state index >= 15 is 0 Å². The number of rotatable bonds is 6. The van der Waals surface area contributed by atoms with Gasteiger partial charge in [-0.15, -0.1) is 0 Å². The minimum absolute atomic E-state index is 0.0432. The SMILES string of the molecule is CC(C)Cc1nc2ccc(C(=O)N3CC[C@@H]4NC(=O)C[C@@H]4C3)cc2n1CCCN. The Labute approximate surface area is 171 Å². The Kier molecular flexibility index (Phi) is 5.58. The quantitative estimate of drug-likeness (QED) is 0.779. The summed E-state index contributed by atoms with van der Waals surface area (Å²) in [6, 6.07) is 6.05. The van der Waals surface area contributed by atoms with Crippen molar-refractivity contribution in [2.45, 2.75) is 52.1 Å². The highest BCUT2D eigenvalue weighted by atomic mass is 16.2. The molecule has 2 atom stereocenters. The van der Waals surface area contributed by atoms with E-state index in [4.69, 9.17) is 10.7 Å². The number of carbonyl (C=O) groups is 2. The number of likely N-dealkylation sites (tertiary alicyclic amines) is 1. The molecule has 29 heavy (non-hydrogen) atoms. The van der Waals surface area contributed by atoms with Crippen LogP contribution in [0.1, 0.15) is 49.3 Å². The number of aromatic nitrogens is 2. The second kappa shape index (κ2) is 8.14. The van der Waals surface area contributed by atoms with Gasteiger partial charge in [-0.3, -0.25) is 9.59 Å². The van der Waals surface area contributed by atoms with Crippen LogP contribution in [0.4, 0.5) is 0 Å². The Bertz CT molecular complexity index is 919. The first kappa shape index (κ1) is 19.9. The third kappa shape index (κ3) is 4.01. The fourth-order valence-electron chi connectivity index (χ4n) is 4.63. The van der Waals surface area contributed by atoms with E-state index in [2.05, 4.69) is 23.7 Å². The highest BCUT2D eigenvalue weighted by Gasteiger charge is 2.38. The molecule has 2 amide bonds. The van der Waals surface area contributed by atoms with Gasteiger partial charge in [0, 0.05) is 50.0 Å². The zero-order chi connectivity index (χ0) is 20.5. The van der Waals surface area contributed by atoms with E-state index in [-0.39, 0.29) is 23.8 Å². The minimum atomic E-state index is 0.0432. The first-order valence-corrected chi connectivity index (χ1v) is 10.7. The van der Waals surface area contributed by atoms with Gasteiger partial charge in [0.15, 0.2) is 0 Å². The summed E-state index contributed by atoms with van der Waals surface area (Å²) in [4.78, 5) is 31.6. The molecule has 2 aromatic rings. The van der Waals surface area contributed by atoms with Gasteiger partial charge in [0.05, 0.1) is 11.0 Å². The summed E-state index contributed by atoms with van der Waals surface area (Å²) < 4.78 is 2.23. The van der Waals surface area contributed by atoms with E-state index in [1.165, 1.54) is 0 Å². The van der Waals surface area contributed by atoms with Gasteiger partial charge < -0.3 is 20.5 Å². The van der Waals surface area contributed by atoms with Gasteiger partial charge in [-0.05, 0) is 43.5 Å². The number of carbonyl (C=O) groups excluding carboxylic acids is 2. The van der Waals surface area contributed by atoms with E-state index in [0.717, 1.165) is 42.7 Å². The van der Waals surface area contributed by atoms with Gasteiger partial charge in [0.1, 0.15) is 5.82 Å². The molecule has 3 heterocycles. The molecule has 0 saturated carbocycles. The maximum atomic E-state index is 13.2. The normalized spacial score (nSPS) is 21.7. The van der Waals surface area contributed by atoms with Crippen LogP contribution in [0.2, 0.25) is 0 Å². The minimum Gasteiger partial charge on any atom is -0.353 e. The number of amides is 2. The maximum Gasteiger partial charge on any atom is 0.253 e. The number of nitrogens with zero attached hydrogens (tertiary/aromatic N) is 3. The topological polar surface area (TPSA) is 93.2 Å². The summed E-state index contributed by atoms with van der Waals surface area (Å²) in [5.41, 5.74) is 8.37. The van der Waals surface area contributed by atoms with Gasteiger partial charge in [0.2, 0.25) is 5.91 Å². The molecule has 156 valence electrons. The fourth-order valence-corrected chi connectivity index (χ4v) is 4.63. The molecule has 1 aromatic heterocycles. The molecule has 0 aliphatic carbocycles. The molecule has 2 aliphatic heterocycles. The molecule has 2 fully saturated rings. The highest BCUT2D eigenvalue weighted by molar-refractivity contribution is 5.97. The second-order valence-electron chi connectivity index (χ2n) is 8.80. The number of nitrogens with two attached hydrogens (primary N) is 1. The van der Waals surface area contributed by atoms with Crippen molar-refractivity contribution >= 4 is 22.8 Å². The van der Waals surface area contributed by atoms with Crippen LogP contribution in [-0.4, -0.2) is 51.9 Å². The molecule has 0 radical (unpaired) electrons. The van der Waals surface area contributed by atoms with Crippen LogP contribution < -0.4 is 11.1 Å². The number of hydrogen-bond donors (Lipinski definition) is 2. The number of piperidine rings is 1. The predicted molar refractivity (Wildman–Crippen MR) is 113 cm³/mol. The van der Waals surface area contributed by atoms with Crippen molar-refractivity contribution in [3.8, 4) is 0 Å². The average Bonchev–Trinajstić information content (AvgIpc) is 3.22. The molecule has 7 heteroatoms. The third-order valence-corrected chi connectivity index (χ3v) is 6.07. The molecule has 4 rings (SSSR count). The molecule has 3 N–H and O–H groups in total. The number of imidazole rings is 1. The Morgan fingerprint density at radius 3 is 2.97 bits per heavy atom. The third-order valence-electron chi connectivity index (χ3n) is 6.07. The zero-order valence-electron chi connectivity index (χ0n) is 17.4. The van der Waals surface area contributed by atoms with Gasteiger partial charge in [-0.25, -0.2) is 4.98 Å². The van der Waals surface area contributed by atoms with Crippen LogP contribution in [0.25, 0.3) is 11.0 Å². The number of hydrogen-bond acceptors (Lipinski definition) is 4. The van der Waals surface area contributed by atoms with E-state index in [0.29, 0.717) is 37.5 Å². The maximum absolute atomic E-state index is 13.2. The summed E-state index contributed by atoms with van der Waals surface area (Å²) in [6.45, 7) is 7.15. The van der Waals surface area contributed by atoms with Gasteiger partial charge >= 0.3 is 0 Å². The van der Waals surface area contributed by atoms with E-state index in [1.54, 1.807) is 0 Å². The lowest BCUT2D eigenvalue weighted by Gasteiger charge is -2.34. The van der Waals surface area contributed by atoms with E-state index < -0.39 is 0 Å². The van der Waals surface area contributed by atoms with Crippen molar-refractivity contribution in [1.29, 1.82) is 0 Å². The van der Waals surface area contributed by atoms with Crippen LogP contribution >= 0.6 is 0 Å². The molecule has 1 aromatic carbocycles.